The third-order valence-electron chi connectivity index (χ3n) is 3.67. The predicted octanol–water partition coefficient (Wildman–Crippen LogP) is 4.98. The van der Waals surface area contributed by atoms with Crippen molar-refractivity contribution in [3.63, 3.8) is 0 Å². The lowest BCUT2D eigenvalue weighted by molar-refractivity contribution is -0.384. The summed E-state index contributed by atoms with van der Waals surface area (Å²) in [6.07, 6.45) is -5.60. The fourth-order valence-corrected chi connectivity index (χ4v) is 2.35. The molecule has 2 rings (SSSR count). The molecule has 0 atom stereocenters. The number of alkyl halides is 3. The van der Waals surface area contributed by atoms with Gasteiger partial charge in [-0.05, 0) is 51.1 Å². The highest BCUT2D eigenvalue weighted by atomic mass is 19.4. The molecule has 0 spiro atoms. The first kappa shape index (κ1) is 24.4. The number of nitro groups is 1. The maximum atomic E-state index is 13.1. The highest BCUT2D eigenvalue weighted by Gasteiger charge is 2.31. The molecule has 2 aromatic rings. The minimum atomic E-state index is -4.68. The van der Waals surface area contributed by atoms with E-state index in [-0.39, 0.29) is 22.8 Å². The normalized spacial score (nSPS) is 11.4. The van der Waals surface area contributed by atoms with E-state index in [1.807, 2.05) is 0 Å². The van der Waals surface area contributed by atoms with E-state index < -0.39 is 40.9 Å². The number of halogens is 3. The molecule has 32 heavy (non-hydrogen) atoms. The van der Waals surface area contributed by atoms with Crippen LogP contribution >= 0.6 is 0 Å². The number of benzene rings is 2. The Kier molecular flexibility index (Phi) is 7.28. The van der Waals surface area contributed by atoms with Gasteiger partial charge in [0.2, 0.25) is 0 Å². The monoisotopic (exact) mass is 455 g/mol. The van der Waals surface area contributed by atoms with Gasteiger partial charge in [0.15, 0.2) is 6.61 Å². The topological polar surface area (TPSA) is 120 Å². The number of amides is 2. The van der Waals surface area contributed by atoms with Crippen LogP contribution in [-0.2, 0) is 15.7 Å². The van der Waals surface area contributed by atoms with Gasteiger partial charge in [-0.25, -0.2) is 4.79 Å². The molecule has 0 unspecified atom stereocenters. The van der Waals surface area contributed by atoms with Gasteiger partial charge >= 0.3 is 12.3 Å². The summed E-state index contributed by atoms with van der Waals surface area (Å²) in [5, 5.41) is 15.2. The lowest BCUT2D eigenvalue weighted by Gasteiger charge is -2.21. The molecular weight excluding hydrogens is 435 g/mol. The molecule has 0 bridgehead atoms. The van der Waals surface area contributed by atoms with Crippen molar-refractivity contribution in [3.05, 3.63) is 58.1 Å². The smallest absolute Gasteiger partial charge is 0.416 e. The Labute approximate surface area is 180 Å². The summed E-state index contributed by atoms with van der Waals surface area (Å²) in [4.78, 5) is 34.3. The fourth-order valence-electron chi connectivity index (χ4n) is 2.35. The van der Waals surface area contributed by atoms with Crippen molar-refractivity contribution in [2.45, 2.75) is 32.5 Å². The number of anilines is 2. The highest BCUT2D eigenvalue weighted by Crippen LogP contribution is 2.34. The van der Waals surface area contributed by atoms with Crippen molar-refractivity contribution in [1.82, 2.24) is 0 Å². The number of nitro benzene ring substituents is 1. The van der Waals surface area contributed by atoms with Crippen LogP contribution in [0.15, 0.2) is 42.5 Å². The molecule has 0 saturated heterocycles. The number of hydrogen-bond acceptors (Lipinski definition) is 6. The zero-order chi connectivity index (χ0) is 24.1. The van der Waals surface area contributed by atoms with Crippen molar-refractivity contribution < 1.29 is 37.2 Å². The van der Waals surface area contributed by atoms with E-state index in [9.17, 15) is 32.9 Å². The minimum absolute atomic E-state index is 0.115. The van der Waals surface area contributed by atoms with Crippen LogP contribution in [0, 0.1) is 10.1 Å². The number of nitrogens with one attached hydrogen (secondary N) is 2. The Bertz CT molecular complexity index is 1000. The van der Waals surface area contributed by atoms with Crippen LogP contribution < -0.4 is 15.4 Å². The second kappa shape index (κ2) is 9.54. The Balaban J connectivity index is 2.14. The second-order valence-electron chi connectivity index (χ2n) is 7.47. The summed E-state index contributed by atoms with van der Waals surface area (Å²) in [7, 11) is 0. The standard InChI is InChI=1S/C20H20F3N3O6/c1-19(2,3)32-18(28)25-15-9-4-12(20(21,22)23)10-16(15)24-17(27)11-31-14-7-5-13(6-8-14)26(29)30/h4-10H,11H2,1-3H3,(H,24,27)(H,25,28). The zero-order valence-corrected chi connectivity index (χ0v) is 17.3. The van der Waals surface area contributed by atoms with E-state index in [4.69, 9.17) is 9.47 Å². The molecule has 2 aromatic carbocycles. The van der Waals surface area contributed by atoms with Crippen LogP contribution in [0.5, 0.6) is 5.75 Å². The molecule has 12 heteroatoms. The van der Waals surface area contributed by atoms with E-state index in [0.29, 0.717) is 6.07 Å². The van der Waals surface area contributed by atoms with Crippen molar-refractivity contribution in [3.8, 4) is 5.75 Å². The second-order valence-corrected chi connectivity index (χ2v) is 7.47. The summed E-state index contributed by atoms with van der Waals surface area (Å²) >= 11 is 0. The van der Waals surface area contributed by atoms with Crippen LogP contribution in [0.1, 0.15) is 26.3 Å². The van der Waals surface area contributed by atoms with Crippen molar-refractivity contribution >= 4 is 29.1 Å². The average Bonchev–Trinajstić information content (AvgIpc) is 2.65. The number of ether oxygens (including phenoxy) is 2. The number of rotatable bonds is 6. The molecule has 0 aliphatic rings. The van der Waals surface area contributed by atoms with Crippen LogP contribution in [-0.4, -0.2) is 29.1 Å². The summed E-state index contributed by atoms with van der Waals surface area (Å²) in [6, 6.07) is 7.27. The number of carbonyl (C=O) groups excluding carboxylic acids is 2. The number of non-ortho nitro benzene ring substituents is 1. The maximum absolute atomic E-state index is 13.1. The molecular formula is C20H20F3N3O6. The van der Waals surface area contributed by atoms with Crippen LogP contribution in [0.2, 0.25) is 0 Å². The largest absolute Gasteiger partial charge is 0.484 e. The van der Waals surface area contributed by atoms with Gasteiger partial charge in [0.05, 0.1) is 21.9 Å². The molecule has 0 heterocycles. The summed E-state index contributed by atoms with van der Waals surface area (Å²) in [6.45, 7) is 4.23. The first-order chi connectivity index (χ1) is 14.7. The SMILES string of the molecule is CC(C)(C)OC(=O)Nc1ccc(C(F)(F)F)cc1NC(=O)COc1ccc([N+](=O)[O-])cc1. The van der Waals surface area contributed by atoms with Gasteiger partial charge < -0.3 is 14.8 Å². The molecule has 2 N–H and O–H groups in total. The van der Waals surface area contributed by atoms with Gasteiger partial charge in [-0.15, -0.1) is 0 Å². The van der Waals surface area contributed by atoms with E-state index >= 15 is 0 Å². The molecule has 0 aliphatic carbocycles. The first-order valence-electron chi connectivity index (χ1n) is 9.13. The lowest BCUT2D eigenvalue weighted by atomic mass is 10.1. The Hall–Kier alpha value is -3.83. The Morgan fingerprint density at radius 2 is 1.62 bits per heavy atom. The van der Waals surface area contributed by atoms with Gasteiger partial charge in [-0.2, -0.15) is 13.2 Å². The van der Waals surface area contributed by atoms with Crippen LogP contribution in [0.25, 0.3) is 0 Å². The Morgan fingerprint density at radius 1 is 1.00 bits per heavy atom. The molecule has 9 nitrogen and oxygen atoms in total. The van der Waals surface area contributed by atoms with Gasteiger partial charge in [0.1, 0.15) is 11.4 Å². The third kappa shape index (κ3) is 7.45. The van der Waals surface area contributed by atoms with E-state index in [1.165, 1.54) is 24.3 Å². The first-order valence-corrected chi connectivity index (χ1v) is 9.13. The zero-order valence-electron chi connectivity index (χ0n) is 17.3. The Morgan fingerprint density at radius 3 is 2.16 bits per heavy atom. The fraction of sp³-hybridized carbons (Fsp3) is 0.300. The van der Waals surface area contributed by atoms with Crippen LogP contribution in [0.3, 0.4) is 0 Å². The minimum Gasteiger partial charge on any atom is -0.484 e. The molecule has 0 aromatic heterocycles. The quantitative estimate of drug-likeness (QED) is 0.468. The molecule has 0 fully saturated rings. The van der Waals surface area contributed by atoms with Crippen molar-refractivity contribution in [2.75, 3.05) is 17.2 Å². The summed E-state index contributed by atoms with van der Waals surface area (Å²) in [5.41, 5.74) is -2.50. The number of carbonyl (C=O) groups is 2. The number of nitrogens with zero attached hydrogens (tertiary/aromatic N) is 1. The van der Waals surface area contributed by atoms with Gasteiger partial charge in [0.25, 0.3) is 11.6 Å². The predicted molar refractivity (Wildman–Crippen MR) is 109 cm³/mol. The van der Waals surface area contributed by atoms with Crippen molar-refractivity contribution in [2.24, 2.45) is 0 Å². The summed E-state index contributed by atoms with van der Waals surface area (Å²) < 4.78 is 49.5. The molecule has 172 valence electrons. The van der Waals surface area contributed by atoms with Gasteiger partial charge in [0, 0.05) is 12.1 Å². The third-order valence-corrected chi connectivity index (χ3v) is 3.67. The van der Waals surface area contributed by atoms with Gasteiger partial charge in [-0.3, -0.25) is 20.2 Å². The molecule has 0 aliphatic heterocycles. The van der Waals surface area contributed by atoms with Gasteiger partial charge in [-0.1, -0.05) is 0 Å². The van der Waals surface area contributed by atoms with E-state index in [1.54, 1.807) is 20.8 Å². The van der Waals surface area contributed by atoms with Crippen molar-refractivity contribution in [1.29, 1.82) is 0 Å². The molecule has 2 amide bonds. The lowest BCUT2D eigenvalue weighted by Crippen LogP contribution is -2.28. The summed E-state index contributed by atoms with van der Waals surface area (Å²) in [5.74, 6) is -0.684. The van der Waals surface area contributed by atoms with E-state index in [2.05, 4.69) is 10.6 Å². The molecule has 0 radical (unpaired) electrons. The van der Waals surface area contributed by atoms with Crippen LogP contribution in [0.4, 0.5) is 35.0 Å². The number of hydrogen-bond donors (Lipinski definition) is 2. The highest BCUT2D eigenvalue weighted by molar-refractivity contribution is 5.98. The van der Waals surface area contributed by atoms with E-state index in [0.717, 1.165) is 12.1 Å². The molecule has 0 saturated carbocycles. The average molecular weight is 455 g/mol. The maximum Gasteiger partial charge on any atom is 0.416 e.